The Morgan fingerprint density at radius 3 is 2.70 bits per heavy atom. The van der Waals surface area contributed by atoms with Crippen LogP contribution in [0, 0.1) is 5.82 Å². The minimum Gasteiger partial charge on any atom is -0.369 e. The molecule has 1 unspecified atom stereocenters. The van der Waals surface area contributed by atoms with Crippen LogP contribution in [0.25, 0.3) is 11.1 Å². The van der Waals surface area contributed by atoms with E-state index >= 15 is 0 Å². The van der Waals surface area contributed by atoms with E-state index in [-0.39, 0.29) is 30.1 Å². The SMILES string of the molecule is CC(c1ccc(-c2ccccc2)c(F)c1)c1nocc1N=C(N)N1CN(C)CC1=O. The fraction of sp³-hybridized carbons (Fsp3) is 0.227. The van der Waals surface area contributed by atoms with E-state index in [0.717, 1.165) is 11.1 Å². The van der Waals surface area contributed by atoms with E-state index < -0.39 is 0 Å². The largest absolute Gasteiger partial charge is 0.369 e. The van der Waals surface area contributed by atoms with E-state index in [1.807, 2.05) is 55.3 Å². The molecule has 4 rings (SSSR count). The van der Waals surface area contributed by atoms with Gasteiger partial charge in [-0.3, -0.25) is 14.6 Å². The Balaban J connectivity index is 1.60. The molecule has 2 N–H and O–H groups in total. The highest BCUT2D eigenvalue weighted by Gasteiger charge is 2.28. The zero-order chi connectivity index (χ0) is 21.3. The summed E-state index contributed by atoms with van der Waals surface area (Å²) in [6.45, 7) is 2.55. The number of halogens is 1. The molecule has 1 atom stereocenters. The lowest BCUT2D eigenvalue weighted by molar-refractivity contribution is -0.123. The fourth-order valence-corrected chi connectivity index (χ4v) is 3.51. The van der Waals surface area contributed by atoms with E-state index in [0.29, 0.717) is 23.6 Å². The standard InChI is InChI=1S/C22H22FN5O2/c1-14(16-8-9-17(18(23)10-16)15-6-4-3-5-7-15)21-19(12-30-26-21)25-22(24)28-13-27(2)11-20(28)29/h3-10,12,14H,11,13H2,1-2H3,(H2,24,25). The van der Waals surface area contributed by atoms with Crippen LogP contribution in [0.15, 0.2) is 64.3 Å². The van der Waals surface area contributed by atoms with Gasteiger partial charge in [-0.1, -0.05) is 54.5 Å². The average Bonchev–Trinajstić information content (AvgIpc) is 3.33. The quantitative estimate of drug-likeness (QED) is 0.530. The van der Waals surface area contributed by atoms with Crippen molar-refractivity contribution in [1.29, 1.82) is 0 Å². The summed E-state index contributed by atoms with van der Waals surface area (Å²) in [4.78, 5) is 19.6. The van der Waals surface area contributed by atoms with Crippen molar-refractivity contribution < 1.29 is 13.7 Å². The van der Waals surface area contributed by atoms with Crippen LogP contribution in [-0.4, -0.2) is 47.1 Å². The van der Waals surface area contributed by atoms with Gasteiger partial charge < -0.3 is 10.3 Å². The molecule has 0 radical (unpaired) electrons. The van der Waals surface area contributed by atoms with Gasteiger partial charge in [-0.05, 0) is 24.2 Å². The molecule has 2 heterocycles. The van der Waals surface area contributed by atoms with Crippen LogP contribution in [-0.2, 0) is 4.79 Å². The first-order valence-electron chi connectivity index (χ1n) is 9.56. The van der Waals surface area contributed by atoms with Gasteiger partial charge in [-0.25, -0.2) is 9.38 Å². The molecule has 2 aromatic carbocycles. The van der Waals surface area contributed by atoms with Crippen LogP contribution < -0.4 is 5.73 Å². The van der Waals surface area contributed by atoms with Crippen molar-refractivity contribution in [3.8, 4) is 11.1 Å². The van der Waals surface area contributed by atoms with Gasteiger partial charge in [-0.15, -0.1) is 0 Å². The topological polar surface area (TPSA) is 88.0 Å². The highest BCUT2D eigenvalue weighted by Crippen LogP contribution is 2.33. The summed E-state index contributed by atoms with van der Waals surface area (Å²) in [7, 11) is 1.83. The first-order chi connectivity index (χ1) is 14.4. The number of carbonyl (C=O) groups excluding carboxylic acids is 1. The Morgan fingerprint density at radius 1 is 1.27 bits per heavy atom. The van der Waals surface area contributed by atoms with Crippen LogP contribution in [0.2, 0.25) is 0 Å². The van der Waals surface area contributed by atoms with Gasteiger partial charge in [0, 0.05) is 11.5 Å². The van der Waals surface area contributed by atoms with Crippen LogP contribution >= 0.6 is 0 Å². The number of guanidine groups is 1. The van der Waals surface area contributed by atoms with E-state index in [4.69, 9.17) is 10.3 Å². The number of hydrogen-bond acceptors (Lipinski definition) is 5. The maximum atomic E-state index is 14.8. The summed E-state index contributed by atoms with van der Waals surface area (Å²) >= 11 is 0. The molecule has 8 heteroatoms. The Labute approximate surface area is 173 Å². The van der Waals surface area contributed by atoms with Crippen LogP contribution in [0.5, 0.6) is 0 Å². The number of likely N-dealkylation sites (N-methyl/N-ethyl adjacent to an activating group) is 1. The molecule has 30 heavy (non-hydrogen) atoms. The molecule has 1 aromatic heterocycles. The number of aliphatic imine (C=N–C) groups is 1. The first kappa shape index (κ1) is 19.8. The lowest BCUT2D eigenvalue weighted by atomic mass is 9.94. The minimum absolute atomic E-state index is 0.0756. The Bertz CT molecular complexity index is 1100. The number of hydrogen-bond donors (Lipinski definition) is 1. The van der Waals surface area contributed by atoms with Crippen LogP contribution in [0.4, 0.5) is 10.1 Å². The van der Waals surface area contributed by atoms with Gasteiger partial charge in [0.05, 0.1) is 13.2 Å². The Hall–Kier alpha value is -3.52. The van der Waals surface area contributed by atoms with Gasteiger partial charge in [0.1, 0.15) is 23.5 Å². The summed E-state index contributed by atoms with van der Waals surface area (Å²) in [6.07, 6.45) is 1.37. The predicted octanol–water partition coefficient (Wildman–Crippen LogP) is 3.31. The smallest absolute Gasteiger partial charge is 0.244 e. The zero-order valence-electron chi connectivity index (χ0n) is 16.7. The number of nitrogens with two attached hydrogens (primary N) is 1. The molecule has 154 valence electrons. The molecule has 0 spiro atoms. The second kappa shape index (κ2) is 8.08. The van der Waals surface area contributed by atoms with E-state index in [1.165, 1.54) is 17.2 Å². The lowest BCUT2D eigenvalue weighted by Crippen LogP contribution is -2.39. The van der Waals surface area contributed by atoms with Gasteiger partial charge in [0.25, 0.3) is 0 Å². The monoisotopic (exact) mass is 407 g/mol. The zero-order valence-corrected chi connectivity index (χ0v) is 16.7. The number of nitrogens with zero attached hydrogens (tertiary/aromatic N) is 4. The fourth-order valence-electron chi connectivity index (χ4n) is 3.51. The minimum atomic E-state index is -0.315. The van der Waals surface area contributed by atoms with Crippen molar-refractivity contribution in [2.24, 2.45) is 10.7 Å². The van der Waals surface area contributed by atoms with Crippen molar-refractivity contribution in [2.75, 3.05) is 20.3 Å². The molecular weight excluding hydrogens is 385 g/mol. The predicted molar refractivity (Wildman–Crippen MR) is 111 cm³/mol. The van der Waals surface area contributed by atoms with Gasteiger partial charge >= 0.3 is 0 Å². The van der Waals surface area contributed by atoms with Crippen molar-refractivity contribution >= 4 is 17.6 Å². The average molecular weight is 407 g/mol. The molecule has 1 aliphatic rings. The van der Waals surface area contributed by atoms with Crippen molar-refractivity contribution in [3.63, 3.8) is 0 Å². The summed E-state index contributed by atoms with van der Waals surface area (Å²) in [5.41, 5.74) is 9.04. The Morgan fingerprint density at radius 2 is 2.03 bits per heavy atom. The molecule has 0 aliphatic carbocycles. The van der Waals surface area contributed by atoms with Crippen molar-refractivity contribution in [2.45, 2.75) is 12.8 Å². The van der Waals surface area contributed by atoms with Gasteiger partial charge in [-0.2, -0.15) is 0 Å². The second-order valence-electron chi connectivity index (χ2n) is 7.36. The third-order valence-corrected chi connectivity index (χ3v) is 5.17. The maximum Gasteiger partial charge on any atom is 0.244 e. The molecule has 1 amide bonds. The van der Waals surface area contributed by atoms with E-state index in [1.54, 1.807) is 6.07 Å². The summed E-state index contributed by atoms with van der Waals surface area (Å²) in [5.74, 6) is -0.647. The van der Waals surface area contributed by atoms with Crippen molar-refractivity contribution in [3.05, 3.63) is 71.9 Å². The lowest BCUT2D eigenvalue weighted by Gasteiger charge is -2.15. The van der Waals surface area contributed by atoms with E-state index in [9.17, 15) is 9.18 Å². The molecule has 1 fully saturated rings. The van der Waals surface area contributed by atoms with Crippen LogP contribution in [0.1, 0.15) is 24.1 Å². The molecule has 1 aliphatic heterocycles. The Kier molecular flexibility index (Phi) is 5.33. The van der Waals surface area contributed by atoms with Crippen LogP contribution in [0.3, 0.4) is 0 Å². The van der Waals surface area contributed by atoms with Gasteiger partial charge in [0.15, 0.2) is 0 Å². The van der Waals surface area contributed by atoms with E-state index in [2.05, 4.69) is 10.1 Å². The van der Waals surface area contributed by atoms with Crippen molar-refractivity contribution in [1.82, 2.24) is 15.0 Å². The third-order valence-electron chi connectivity index (χ3n) is 5.17. The highest BCUT2D eigenvalue weighted by atomic mass is 19.1. The first-order valence-corrected chi connectivity index (χ1v) is 9.56. The number of amides is 1. The summed E-state index contributed by atoms with van der Waals surface area (Å²) in [6, 6.07) is 14.5. The highest BCUT2D eigenvalue weighted by molar-refractivity contribution is 5.99. The normalized spacial score (nSPS) is 16.3. The maximum absolute atomic E-state index is 14.8. The molecule has 0 saturated carbocycles. The number of rotatable bonds is 4. The number of aromatic nitrogens is 1. The number of carbonyl (C=O) groups is 1. The second-order valence-corrected chi connectivity index (χ2v) is 7.36. The van der Waals surface area contributed by atoms with Gasteiger partial charge in [0.2, 0.25) is 11.9 Å². The molecule has 0 bridgehead atoms. The molecule has 3 aromatic rings. The summed E-state index contributed by atoms with van der Waals surface area (Å²) in [5, 5.41) is 4.04. The molecule has 1 saturated heterocycles. The third kappa shape index (κ3) is 3.81. The molecular formula is C22H22FN5O2. The summed E-state index contributed by atoms with van der Waals surface area (Å²) < 4.78 is 19.9. The number of benzene rings is 2. The molecule has 7 nitrogen and oxygen atoms in total.